The van der Waals surface area contributed by atoms with E-state index in [9.17, 15) is 0 Å². The van der Waals surface area contributed by atoms with Gasteiger partial charge in [0.05, 0.1) is 5.69 Å². The summed E-state index contributed by atoms with van der Waals surface area (Å²) in [7, 11) is 0. The Kier molecular flexibility index (Phi) is 8.05. The molecule has 7 aromatic rings. The molecule has 0 N–H and O–H groups in total. The minimum Gasteiger partial charge on any atom is -0.310 e. The highest BCUT2D eigenvalue weighted by Gasteiger charge is 2.39. The van der Waals surface area contributed by atoms with Crippen LogP contribution in [0.15, 0.2) is 164 Å². The van der Waals surface area contributed by atoms with Gasteiger partial charge in [-0.2, -0.15) is 0 Å². The van der Waals surface area contributed by atoms with Crippen molar-refractivity contribution in [3.8, 4) is 44.5 Å². The molecule has 0 amide bonds. The van der Waals surface area contributed by atoms with Gasteiger partial charge in [-0.1, -0.05) is 169 Å². The van der Waals surface area contributed by atoms with E-state index in [0.29, 0.717) is 0 Å². The zero-order valence-corrected chi connectivity index (χ0v) is 32.4. The molecule has 0 saturated carbocycles. The van der Waals surface area contributed by atoms with E-state index in [-0.39, 0.29) is 16.2 Å². The Morgan fingerprint density at radius 3 is 1.59 bits per heavy atom. The van der Waals surface area contributed by atoms with Gasteiger partial charge in [0.15, 0.2) is 0 Å². The van der Waals surface area contributed by atoms with Crippen molar-refractivity contribution in [1.82, 2.24) is 0 Å². The Morgan fingerprint density at radius 2 is 0.889 bits per heavy atom. The summed E-state index contributed by atoms with van der Waals surface area (Å²) < 4.78 is 0. The first-order valence-electron chi connectivity index (χ1n) is 19.6. The van der Waals surface area contributed by atoms with Crippen molar-refractivity contribution in [3.63, 3.8) is 0 Å². The van der Waals surface area contributed by atoms with Gasteiger partial charge in [0.1, 0.15) is 0 Å². The van der Waals surface area contributed by atoms with E-state index in [0.717, 1.165) is 11.4 Å². The van der Waals surface area contributed by atoms with Gasteiger partial charge in [0.25, 0.3) is 0 Å². The number of benzene rings is 7. The molecule has 0 saturated heterocycles. The summed E-state index contributed by atoms with van der Waals surface area (Å²) in [5.74, 6) is 0. The lowest BCUT2D eigenvalue weighted by molar-refractivity contribution is 0.333. The Hall–Kier alpha value is -5.66. The highest BCUT2D eigenvalue weighted by Crippen LogP contribution is 2.54. The van der Waals surface area contributed by atoms with Gasteiger partial charge in [0, 0.05) is 22.4 Å². The zero-order valence-electron chi connectivity index (χ0n) is 32.4. The average molecular weight is 700 g/mol. The normalized spacial score (nSPS) is 15.9. The van der Waals surface area contributed by atoms with E-state index >= 15 is 0 Å². The van der Waals surface area contributed by atoms with E-state index in [1.165, 1.54) is 85.3 Å². The number of para-hydroxylation sites is 1. The van der Waals surface area contributed by atoms with Crippen LogP contribution in [-0.4, -0.2) is 0 Å². The largest absolute Gasteiger partial charge is 0.310 e. The van der Waals surface area contributed by atoms with Crippen molar-refractivity contribution < 1.29 is 0 Å². The summed E-state index contributed by atoms with van der Waals surface area (Å²) in [6, 6.07) is 60.9. The first kappa shape index (κ1) is 34.1. The van der Waals surface area contributed by atoms with Crippen LogP contribution >= 0.6 is 0 Å². The predicted octanol–water partition coefficient (Wildman–Crippen LogP) is 14.8. The molecule has 2 aliphatic rings. The molecule has 0 atom stereocenters. The summed E-state index contributed by atoms with van der Waals surface area (Å²) >= 11 is 0. The van der Waals surface area contributed by atoms with Gasteiger partial charge in [-0.15, -0.1) is 0 Å². The van der Waals surface area contributed by atoms with E-state index in [2.05, 4.69) is 210 Å². The Balaban J connectivity index is 1.24. The minimum absolute atomic E-state index is 0.125. The summed E-state index contributed by atoms with van der Waals surface area (Å²) in [6.07, 6.45) is 2.41. The number of anilines is 3. The van der Waals surface area contributed by atoms with Crippen LogP contribution in [0.5, 0.6) is 0 Å². The predicted molar refractivity (Wildman–Crippen MR) is 230 cm³/mol. The summed E-state index contributed by atoms with van der Waals surface area (Å²) in [5.41, 5.74) is 19.6. The van der Waals surface area contributed by atoms with Crippen LogP contribution in [0.3, 0.4) is 0 Å². The second kappa shape index (κ2) is 12.7. The molecule has 54 heavy (non-hydrogen) atoms. The lowest BCUT2D eigenvalue weighted by Crippen LogP contribution is -2.34. The molecule has 0 unspecified atom stereocenters. The quantitative estimate of drug-likeness (QED) is 0.167. The Morgan fingerprint density at radius 1 is 0.370 bits per heavy atom. The Bertz CT molecular complexity index is 2480. The second-order valence-electron chi connectivity index (χ2n) is 17.2. The van der Waals surface area contributed by atoms with Crippen molar-refractivity contribution in [3.05, 3.63) is 186 Å². The highest BCUT2D eigenvalue weighted by atomic mass is 15.1. The first-order valence-corrected chi connectivity index (χ1v) is 19.6. The standard InChI is InChI=1S/C53H49N/c1-51(2)32-33-52(3,4)50-42(21-15-23-47(50)51)38-24-26-39(27-25-38)44-34-45-43-20-13-14-22-46(43)53(5,6)48(45)35-49(44)54(40-18-11-8-12-19-40)41-30-28-37(29-31-41)36-16-9-7-10-17-36/h7-31,34-35H,32-33H2,1-6H3. The van der Waals surface area contributed by atoms with Crippen LogP contribution < -0.4 is 4.90 Å². The van der Waals surface area contributed by atoms with Crippen LogP contribution in [0, 0.1) is 0 Å². The lowest BCUT2D eigenvalue weighted by atomic mass is 9.61. The van der Waals surface area contributed by atoms with Crippen LogP contribution in [0.1, 0.15) is 76.6 Å². The molecule has 9 rings (SSSR count). The molecule has 0 aromatic heterocycles. The van der Waals surface area contributed by atoms with Gasteiger partial charge in [-0.3, -0.25) is 0 Å². The maximum atomic E-state index is 2.48. The second-order valence-corrected chi connectivity index (χ2v) is 17.2. The molecule has 0 bridgehead atoms. The molecular weight excluding hydrogens is 651 g/mol. The number of hydrogen-bond donors (Lipinski definition) is 0. The maximum absolute atomic E-state index is 2.48. The van der Waals surface area contributed by atoms with E-state index in [4.69, 9.17) is 0 Å². The monoisotopic (exact) mass is 699 g/mol. The van der Waals surface area contributed by atoms with Gasteiger partial charge in [-0.25, -0.2) is 0 Å². The third kappa shape index (κ3) is 5.61. The molecule has 0 spiro atoms. The number of nitrogens with zero attached hydrogens (tertiary/aromatic N) is 1. The number of rotatable bonds is 6. The van der Waals surface area contributed by atoms with Gasteiger partial charge in [0.2, 0.25) is 0 Å². The maximum Gasteiger partial charge on any atom is 0.0543 e. The Labute approximate surface area is 322 Å². The SMILES string of the molecule is CC1(C)CCC(C)(C)c2c(-c3ccc(-c4cc5c(cc4N(c4ccccc4)c4ccc(-c6ccccc6)cc4)C(C)(C)c4ccccc4-5)cc3)cccc21. The summed E-state index contributed by atoms with van der Waals surface area (Å²) in [4.78, 5) is 2.45. The van der Waals surface area contributed by atoms with E-state index in [1.807, 2.05) is 0 Å². The van der Waals surface area contributed by atoms with E-state index < -0.39 is 0 Å². The van der Waals surface area contributed by atoms with Crippen molar-refractivity contribution >= 4 is 17.1 Å². The average Bonchev–Trinajstić information content (AvgIpc) is 3.42. The van der Waals surface area contributed by atoms with Crippen LogP contribution in [0.25, 0.3) is 44.5 Å². The molecule has 0 radical (unpaired) electrons. The molecule has 266 valence electrons. The zero-order chi connectivity index (χ0) is 37.2. The number of hydrogen-bond acceptors (Lipinski definition) is 1. The molecule has 0 fully saturated rings. The first-order chi connectivity index (χ1) is 26.0. The van der Waals surface area contributed by atoms with Crippen molar-refractivity contribution in [2.24, 2.45) is 0 Å². The fraction of sp³-hybridized carbons (Fsp3) is 0.208. The molecular formula is C53H49N. The van der Waals surface area contributed by atoms with Gasteiger partial charge < -0.3 is 4.90 Å². The summed E-state index contributed by atoms with van der Waals surface area (Å²) in [5, 5.41) is 0. The third-order valence-electron chi connectivity index (χ3n) is 12.5. The molecule has 0 aliphatic heterocycles. The molecule has 2 aliphatic carbocycles. The topological polar surface area (TPSA) is 3.24 Å². The van der Waals surface area contributed by atoms with Crippen molar-refractivity contribution in [1.29, 1.82) is 0 Å². The van der Waals surface area contributed by atoms with Crippen molar-refractivity contribution in [2.45, 2.75) is 70.6 Å². The van der Waals surface area contributed by atoms with Gasteiger partial charge in [-0.05, 0) is 121 Å². The fourth-order valence-corrected chi connectivity index (χ4v) is 9.39. The molecule has 0 heterocycles. The molecule has 7 aromatic carbocycles. The van der Waals surface area contributed by atoms with E-state index in [1.54, 1.807) is 0 Å². The fourth-order valence-electron chi connectivity index (χ4n) is 9.39. The molecule has 1 heteroatoms. The van der Waals surface area contributed by atoms with Crippen LogP contribution in [0.4, 0.5) is 17.1 Å². The van der Waals surface area contributed by atoms with Crippen LogP contribution in [-0.2, 0) is 16.2 Å². The van der Waals surface area contributed by atoms with Gasteiger partial charge >= 0.3 is 0 Å². The lowest BCUT2D eigenvalue weighted by Gasteiger charge is -2.43. The molecule has 1 nitrogen and oxygen atoms in total. The van der Waals surface area contributed by atoms with Crippen molar-refractivity contribution in [2.75, 3.05) is 4.90 Å². The number of fused-ring (bicyclic) bond motifs is 4. The highest BCUT2D eigenvalue weighted by molar-refractivity contribution is 5.95. The minimum atomic E-state index is -0.129. The summed E-state index contributed by atoms with van der Waals surface area (Å²) in [6.45, 7) is 14.4. The third-order valence-corrected chi connectivity index (χ3v) is 12.5. The van der Waals surface area contributed by atoms with Crippen LogP contribution in [0.2, 0.25) is 0 Å². The smallest absolute Gasteiger partial charge is 0.0543 e.